The van der Waals surface area contributed by atoms with Crippen molar-refractivity contribution in [2.75, 3.05) is 7.11 Å². The predicted molar refractivity (Wildman–Crippen MR) is 84.0 cm³/mol. The topological polar surface area (TPSA) is 43.4 Å². The Hall–Kier alpha value is -1.64. The summed E-state index contributed by atoms with van der Waals surface area (Å²) in [5, 5.41) is 0. The number of unbranched alkanes of at least 4 members (excludes halogenated alkanes) is 3. The molecule has 0 aliphatic carbocycles. The second kappa shape index (κ2) is 8.60. The molecule has 1 rings (SSSR count). The zero-order valence-electron chi connectivity index (χ0n) is 13.4. The lowest BCUT2D eigenvalue weighted by Crippen LogP contribution is -2.41. The van der Waals surface area contributed by atoms with Gasteiger partial charge in [-0.05, 0) is 25.3 Å². The lowest BCUT2D eigenvalue weighted by molar-refractivity contribution is -0.158. The van der Waals surface area contributed by atoms with Gasteiger partial charge in [0.2, 0.25) is 0 Å². The van der Waals surface area contributed by atoms with Gasteiger partial charge in [0, 0.05) is 0 Å². The molecule has 0 saturated heterocycles. The highest BCUT2D eigenvalue weighted by molar-refractivity contribution is 6.02. The standard InChI is InChI=1S/C18H26O3/c1-4-5-6-10-13-18(15(2)19,17(20)21-3)14-16-11-8-7-9-12-16/h7-9,11-12H,4-6,10,13-14H2,1-3H3. The third-order valence-electron chi connectivity index (χ3n) is 4.06. The smallest absolute Gasteiger partial charge is 0.319 e. The zero-order valence-corrected chi connectivity index (χ0v) is 13.4. The Morgan fingerprint density at radius 3 is 2.29 bits per heavy atom. The minimum atomic E-state index is -1.04. The van der Waals surface area contributed by atoms with Gasteiger partial charge >= 0.3 is 5.97 Å². The normalized spacial score (nSPS) is 13.5. The largest absolute Gasteiger partial charge is 0.468 e. The molecule has 0 amide bonds. The van der Waals surface area contributed by atoms with E-state index in [-0.39, 0.29) is 5.78 Å². The van der Waals surface area contributed by atoms with E-state index >= 15 is 0 Å². The van der Waals surface area contributed by atoms with Crippen molar-refractivity contribution >= 4 is 11.8 Å². The molecule has 21 heavy (non-hydrogen) atoms. The summed E-state index contributed by atoms with van der Waals surface area (Å²) in [6.07, 6.45) is 5.14. The Bertz CT molecular complexity index is 453. The minimum absolute atomic E-state index is 0.102. The third-order valence-corrected chi connectivity index (χ3v) is 4.06. The number of hydrogen-bond donors (Lipinski definition) is 0. The Balaban J connectivity index is 2.95. The molecule has 1 aromatic rings. The molecule has 116 valence electrons. The molecule has 3 heteroatoms. The molecule has 0 saturated carbocycles. The van der Waals surface area contributed by atoms with Crippen molar-refractivity contribution in [1.29, 1.82) is 0 Å². The number of ketones is 1. The van der Waals surface area contributed by atoms with Crippen LogP contribution in [0.25, 0.3) is 0 Å². The van der Waals surface area contributed by atoms with Gasteiger partial charge in [-0.2, -0.15) is 0 Å². The van der Waals surface area contributed by atoms with E-state index in [2.05, 4.69) is 6.92 Å². The number of benzene rings is 1. The monoisotopic (exact) mass is 290 g/mol. The van der Waals surface area contributed by atoms with Gasteiger partial charge in [-0.15, -0.1) is 0 Å². The first kappa shape index (κ1) is 17.4. The summed E-state index contributed by atoms with van der Waals surface area (Å²) >= 11 is 0. The van der Waals surface area contributed by atoms with Crippen molar-refractivity contribution in [3.8, 4) is 0 Å². The molecule has 1 atom stereocenters. The van der Waals surface area contributed by atoms with Gasteiger partial charge < -0.3 is 4.74 Å². The van der Waals surface area contributed by atoms with E-state index < -0.39 is 11.4 Å². The molecular formula is C18H26O3. The maximum Gasteiger partial charge on any atom is 0.319 e. The third kappa shape index (κ3) is 4.69. The number of rotatable bonds is 9. The first-order chi connectivity index (χ1) is 10.1. The summed E-state index contributed by atoms with van der Waals surface area (Å²) in [4.78, 5) is 24.5. The molecule has 0 aromatic heterocycles. The van der Waals surface area contributed by atoms with E-state index in [0.717, 1.165) is 31.2 Å². The van der Waals surface area contributed by atoms with Crippen molar-refractivity contribution < 1.29 is 14.3 Å². The highest BCUT2D eigenvalue weighted by atomic mass is 16.5. The summed E-state index contributed by atoms with van der Waals surface area (Å²) in [6, 6.07) is 9.68. The lowest BCUT2D eigenvalue weighted by Gasteiger charge is -2.28. The van der Waals surface area contributed by atoms with Crippen LogP contribution in [0.2, 0.25) is 0 Å². The van der Waals surface area contributed by atoms with Gasteiger partial charge in [0.25, 0.3) is 0 Å². The van der Waals surface area contributed by atoms with Gasteiger partial charge in [-0.1, -0.05) is 62.9 Å². The Labute approximate surface area is 127 Å². The number of Topliss-reactive ketones (excluding diaryl/α,β-unsaturated/α-hetero) is 1. The Morgan fingerprint density at radius 1 is 1.10 bits per heavy atom. The molecule has 0 bridgehead atoms. The highest BCUT2D eigenvalue weighted by Gasteiger charge is 2.43. The molecule has 0 radical (unpaired) electrons. The van der Waals surface area contributed by atoms with E-state index in [1.807, 2.05) is 30.3 Å². The van der Waals surface area contributed by atoms with Crippen molar-refractivity contribution in [1.82, 2.24) is 0 Å². The average molecular weight is 290 g/mol. The molecule has 0 heterocycles. The van der Waals surface area contributed by atoms with E-state index in [0.29, 0.717) is 12.8 Å². The quantitative estimate of drug-likeness (QED) is 0.393. The van der Waals surface area contributed by atoms with Crippen LogP contribution < -0.4 is 0 Å². The van der Waals surface area contributed by atoms with E-state index in [1.165, 1.54) is 14.0 Å². The highest BCUT2D eigenvalue weighted by Crippen LogP contribution is 2.32. The Morgan fingerprint density at radius 2 is 1.76 bits per heavy atom. The van der Waals surface area contributed by atoms with E-state index in [4.69, 9.17) is 4.74 Å². The molecule has 1 aromatic carbocycles. The van der Waals surface area contributed by atoms with Gasteiger partial charge in [0.1, 0.15) is 11.2 Å². The molecule has 1 unspecified atom stereocenters. The number of esters is 1. The van der Waals surface area contributed by atoms with Gasteiger partial charge in [-0.3, -0.25) is 9.59 Å². The van der Waals surface area contributed by atoms with Crippen LogP contribution in [-0.2, 0) is 20.7 Å². The molecule has 0 aliphatic heterocycles. The fraction of sp³-hybridized carbons (Fsp3) is 0.556. The number of ether oxygens (including phenoxy) is 1. The predicted octanol–water partition coefficient (Wildman–Crippen LogP) is 3.95. The van der Waals surface area contributed by atoms with Crippen molar-refractivity contribution in [3.05, 3.63) is 35.9 Å². The summed E-state index contributed by atoms with van der Waals surface area (Å²) < 4.78 is 4.95. The summed E-state index contributed by atoms with van der Waals surface area (Å²) in [5.41, 5.74) is -0.0438. The molecule has 0 fully saturated rings. The molecule has 3 nitrogen and oxygen atoms in total. The number of methoxy groups -OCH3 is 1. The first-order valence-corrected chi connectivity index (χ1v) is 7.70. The van der Waals surface area contributed by atoms with Crippen LogP contribution in [0.15, 0.2) is 30.3 Å². The van der Waals surface area contributed by atoms with Crippen molar-refractivity contribution in [2.24, 2.45) is 5.41 Å². The van der Waals surface area contributed by atoms with Crippen LogP contribution in [0.3, 0.4) is 0 Å². The summed E-state index contributed by atoms with van der Waals surface area (Å²) in [5.74, 6) is -0.509. The zero-order chi connectivity index (χ0) is 15.7. The molecule has 0 aliphatic rings. The van der Waals surface area contributed by atoms with Crippen LogP contribution >= 0.6 is 0 Å². The molecule has 0 spiro atoms. The fourth-order valence-electron chi connectivity index (χ4n) is 2.70. The number of carbonyl (C=O) groups is 2. The van der Waals surface area contributed by atoms with Crippen molar-refractivity contribution in [3.63, 3.8) is 0 Å². The minimum Gasteiger partial charge on any atom is -0.468 e. The van der Waals surface area contributed by atoms with Crippen LogP contribution in [-0.4, -0.2) is 18.9 Å². The van der Waals surface area contributed by atoms with Crippen LogP contribution in [0.1, 0.15) is 51.5 Å². The van der Waals surface area contributed by atoms with Gasteiger partial charge in [0.15, 0.2) is 0 Å². The van der Waals surface area contributed by atoms with E-state index in [9.17, 15) is 9.59 Å². The Kier molecular flexibility index (Phi) is 7.13. The van der Waals surface area contributed by atoms with Gasteiger partial charge in [0.05, 0.1) is 7.11 Å². The molecular weight excluding hydrogens is 264 g/mol. The second-order valence-electron chi connectivity index (χ2n) is 5.60. The fourth-order valence-corrected chi connectivity index (χ4v) is 2.70. The SMILES string of the molecule is CCCCCCC(Cc1ccccc1)(C(C)=O)C(=O)OC. The van der Waals surface area contributed by atoms with E-state index in [1.54, 1.807) is 0 Å². The lowest BCUT2D eigenvalue weighted by atomic mass is 9.74. The number of hydrogen-bond acceptors (Lipinski definition) is 3. The maximum absolute atomic E-state index is 12.3. The van der Waals surface area contributed by atoms with Crippen LogP contribution in [0.5, 0.6) is 0 Å². The van der Waals surface area contributed by atoms with Crippen LogP contribution in [0, 0.1) is 5.41 Å². The average Bonchev–Trinajstić information content (AvgIpc) is 2.50. The first-order valence-electron chi connectivity index (χ1n) is 7.70. The van der Waals surface area contributed by atoms with Gasteiger partial charge in [-0.25, -0.2) is 0 Å². The summed E-state index contributed by atoms with van der Waals surface area (Å²) in [6.45, 7) is 3.64. The van der Waals surface area contributed by atoms with Crippen LogP contribution in [0.4, 0.5) is 0 Å². The maximum atomic E-state index is 12.3. The molecule has 0 N–H and O–H groups in total. The van der Waals surface area contributed by atoms with Crippen molar-refractivity contribution in [2.45, 2.75) is 52.4 Å². The summed E-state index contributed by atoms with van der Waals surface area (Å²) in [7, 11) is 1.36. The number of carbonyl (C=O) groups excluding carboxylic acids is 2. The second-order valence-corrected chi connectivity index (χ2v) is 5.60.